The zero-order chi connectivity index (χ0) is 10.8. The minimum absolute atomic E-state index is 0.658. The van der Waals surface area contributed by atoms with E-state index in [2.05, 4.69) is 34.6 Å². The van der Waals surface area contributed by atoms with Crippen LogP contribution in [-0.4, -0.2) is 17.6 Å². The van der Waals surface area contributed by atoms with E-state index in [-0.39, 0.29) is 0 Å². The normalized spacial score (nSPS) is 20.4. The van der Waals surface area contributed by atoms with E-state index in [0.717, 1.165) is 6.42 Å². The van der Waals surface area contributed by atoms with E-state index in [1.54, 1.807) is 0 Å². The first-order valence-electron chi connectivity index (χ1n) is 5.98. The molecule has 82 valence electrons. The van der Waals surface area contributed by atoms with Crippen molar-refractivity contribution in [3.63, 3.8) is 0 Å². The molecular formula is C14H16N2. The molecule has 0 bridgehead atoms. The fourth-order valence-electron chi connectivity index (χ4n) is 2.55. The van der Waals surface area contributed by atoms with Gasteiger partial charge in [-0.15, -0.1) is 0 Å². The SMILES string of the molecule is c1cc(CC2CCCN2)c2cnccc2c1. The molecule has 0 aliphatic carbocycles. The largest absolute Gasteiger partial charge is 0.314 e. The molecule has 2 aromatic rings. The summed E-state index contributed by atoms with van der Waals surface area (Å²) in [6.45, 7) is 1.17. The Hall–Kier alpha value is -1.41. The van der Waals surface area contributed by atoms with Gasteiger partial charge in [0, 0.05) is 23.8 Å². The molecule has 0 amide bonds. The average molecular weight is 212 g/mol. The van der Waals surface area contributed by atoms with Gasteiger partial charge in [-0.2, -0.15) is 0 Å². The standard InChI is InChI=1S/C14H16N2/c1-3-11-6-8-15-10-14(11)12(4-1)9-13-5-2-7-16-13/h1,3-4,6,8,10,13,16H,2,5,7,9H2. The quantitative estimate of drug-likeness (QED) is 0.827. The lowest BCUT2D eigenvalue weighted by Crippen LogP contribution is -2.23. The molecule has 2 heteroatoms. The summed E-state index contributed by atoms with van der Waals surface area (Å²) in [4.78, 5) is 4.23. The molecule has 1 aliphatic rings. The van der Waals surface area contributed by atoms with Gasteiger partial charge in [0.15, 0.2) is 0 Å². The molecule has 1 aliphatic heterocycles. The summed E-state index contributed by atoms with van der Waals surface area (Å²) in [5, 5.41) is 6.15. The third kappa shape index (κ3) is 1.81. The fraction of sp³-hybridized carbons (Fsp3) is 0.357. The molecule has 0 spiro atoms. The van der Waals surface area contributed by atoms with Crippen molar-refractivity contribution >= 4 is 10.8 Å². The molecule has 1 saturated heterocycles. The number of hydrogen-bond donors (Lipinski definition) is 1. The second-order valence-corrected chi connectivity index (χ2v) is 4.51. The van der Waals surface area contributed by atoms with E-state index in [9.17, 15) is 0 Å². The third-order valence-electron chi connectivity index (χ3n) is 3.40. The fourth-order valence-corrected chi connectivity index (χ4v) is 2.55. The Morgan fingerprint density at radius 2 is 2.31 bits per heavy atom. The number of benzene rings is 1. The van der Waals surface area contributed by atoms with Crippen molar-refractivity contribution in [2.24, 2.45) is 0 Å². The molecule has 1 aromatic heterocycles. The second kappa shape index (κ2) is 4.22. The minimum atomic E-state index is 0.658. The van der Waals surface area contributed by atoms with Gasteiger partial charge in [0.05, 0.1) is 0 Å². The zero-order valence-electron chi connectivity index (χ0n) is 9.32. The van der Waals surface area contributed by atoms with Crippen LogP contribution >= 0.6 is 0 Å². The number of hydrogen-bond acceptors (Lipinski definition) is 2. The van der Waals surface area contributed by atoms with E-state index < -0.39 is 0 Å². The van der Waals surface area contributed by atoms with Gasteiger partial charge in [0.25, 0.3) is 0 Å². The highest BCUT2D eigenvalue weighted by Gasteiger charge is 2.15. The van der Waals surface area contributed by atoms with Crippen molar-refractivity contribution in [2.45, 2.75) is 25.3 Å². The van der Waals surface area contributed by atoms with E-state index in [0.29, 0.717) is 6.04 Å². The van der Waals surface area contributed by atoms with Crippen molar-refractivity contribution in [3.8, 4) is 0 Å². The van der Waals surface area contributed by atoms with Crippen LogP contribution in [0.2, 0.25) is 0 Å². The van der Waals surface area contributed by atoms with Gasteiger partial charge in [-0.1, -0.05) is 18.2 Å². The van der Waals surface area contributed by atoms with Crippen LogP contribution in [0, 0.1) is 0 Å². The van der Waals surface area contributed by atoms with Crippen molar-refractivity contribution in [3.05, 3.63) is 42.2 Å². The molecule has 0 saturated carbocycles. The molecule has 1 aromatic carbocycles. The van der Waals surface area contributed by atoms with Crippen LogP contribution in [0.25, 0.3) is 10.8 Å². The number of nitrogens with one attached hydrogen (secondary N) is 1. The molecule has 2 heterocycles. The minimum Gasteiger partial charge on any atom is -0.314 e. The Balaban J connectivity index is 1.96. The second-order valence-electron chi connectivity index (χ2n) is 4.51. The van der Waals surface area contributed by atoms with E-state index in [1.165, 1.54) is 35.7 Å². The van der Waals surface area contributed by atoms with Gasteiger partial charge in [0.1, 0.15) is 0 Å². The first-order valence-corrected chi connectivity index (χ1v) is 5.98. The molecule has 0 radical (unpaired) electrons. The first-order chi connectivity index (χ1) is 7.93. The lowest BCUT2D eigenvalue weighted by molar-refractivity contribution is 0.605. The number of fused-ring (bicyclic) bond motifs is 1. The van der Waals surface area contributed by atoms with Crippen LogP contribution in [-0.2, 0) is 6.42 Å². The van der Waals surface area contributed by atoms with Crippen LogP contribution in [0.4, 0.5) is 0 Å². The van der Waals surface area contributed by atoms with Crippen molar-refractivity contribution in [1.82, 2.24) is 10.3 Å². The smallest absolute Gasteiger partial charge is 0.0349 e. The Morgan fingerprint density at radius 1 is 1.31 bits per heavy atom. The van der Waals surface area contributed by atoms with Gasteiger partial charge in [-0.05, 0) is 42.8 Å². The lowest BCUT2D eigenvalue weighted by atomic mass is 9.99. The van der Waals surface area contributed by atoms with Crippen LogP contribution in [0.1, 0.15) is 18.4 Å². The third-order valence-corrected chi connectivity index (χ3v) is 3.40. The van der Waals surface area contributed by atoms with Gasteiger partial charge in [-0.3, -0.25) is 4.98 Å². The van der Waals surface area contributed by atoms with Gasteiger partial charge >= 0.3 is 0 Å². The summed E-state index contributed by atoms with van der Waals surface area (Å²) in [6.07, 6.45) is 7.59. The first kappa shape index (κ1) is 9.79. The zero-order valence-corrected chi connectivity index (χ0v) is 9.32. The maximum atomic E-state index is 4.23. The Bertz CT molecular complexity index is 482. The number of pyridine rings is 1. The Labute approximate surface area is 95.7 Å². The van der Waals surface area contributed by atoms with Gasteiger partial charge < -0.3 is 5.32 Å². The Morgan fingerprint density at radius 3 is 3.19 bits per heavy atom. The highest BCUT2D eigenvalue weighted by atomic mass is 14.9. The molecule has 16 heavy (non-hydrogen) atoms. The predicted octanol–water partition coefficient (Wildman–Crippen LogP) is 2.53. The molecule has 1 unspecified atom stereocenters. The average Bonchev–Trinajstić information content (AvgIpc) is 2.82. The molecule has 1 fully saturated rings. The van der Waals surface area contributed by atoms with Gasteiger partial charge in [0.2, 0.25) is 0 Å². The maximum Gasteiger partial charge on any atom is 0.0349 e. The molecular weight excluding hydrogens is 196 g/mol. The predicted molar refractivity (Wildman–Crippen MR) is 66.5 cm³/mol. The van der Waals surface area contributed by atoms with Gasteiger partial charge in [-0.25, -0.2) is 0 Å². The Kier molecular flexibility index (Phi) is 2.58. The lowest BCUT2D eigenvalue weighted by Gasteiger charge is -2.11. The van der Waals surface area contributed by atoms with E-state index >= 15 is 0 Å². The molecule has 3 rings (SSSR count). The van der Waals surface area contributed by atoms with Crippen LogP contribution < -0.4 is 5.32 Å². The summed E-state index contributed by atoms with van der Waals surface area (Å²) in [7, 11) is 0. The van der Waals surface area contributed by atoms with Crippen molar-refractivity contribution < 1.29 is 0 Å². The topological polar surface area (TPSA) is 24.9 Å². The van der Waals surface area contributed by atoms with Crippen LogP contribution in [0.3, 0.4) is 0 Å². The molecule has 1 atom stereocenters. The molecule has 1 N–H and O–H groups in total. The number of aromatic nitrogens is 1. The monoisotopic (exact) mass is 212 g/mol. The maximum absolute atomic E-state index is 4.23. The van der Waals surface area contributed by atoms with Crippen molar-refractivity contribution in [1.29, 1.82) is 0 Å². The summed E-state index contributed by atoms with van der Waals surface area (Å²) in [5.74, 6) is 0. The number of rotatable bonds is 2. The molecule has 2 nitrogen and oxygen atoms in total. The summed E-state index contributed by atoms with van der Waals surface area (Å²) in [6, 6.07) is 9.27. The summed E-state index contributed by atoms with van der Waals surface area (Å²) in [5.41, 5.74) is 1.42. The number of nitrogens with zero attached hydrogens (tertiary/aromatic N) is 1. The summed E-state index contributed by atoms with van der Waals surface area (Å²) >= 11 is 0. The highest BCUT2D eigenvalue weighted by Crippen LogP contribution is 2.20. The summed E-state index contributed by atoms with van der Waals surface area (Å²) < 4.78 is 0. The van der Waals surface area contributed by atoms with Crippen LogP contribution in [0.5, 0.6) is 0 Å². The van der Waals surface area contributed by atoms with Crippen molar-refractivity contribution in [2.75, 3.05) is 6.54 Å². The van der Waals surface area contributed by atoms with Crippen LogP contribution in [0.15, 0.2) is 36.7 Å². The highest BCUT2D eigenvalue weighted by molar-refractivity contribution is 5.84. The van der Waals surface area contributed by atoms with E-state index in [4.69, 9.17) is 0 Å². The van der Waals surface area contributed by atoms with E-state index in [1.807, 2.05) is 12.4 Å².